The third-order valence-electron chi connectivity index (χ3n) is 6.92. The molecule has 5 rings (SSSR count). The van der Waals surface area contributed by atoms with Crippen LogP contribution in [0.25, 0.3) is 11.3 Å². The summed E-state index contributed by atoms with van der Waals surface area (Å²) < 4.78 is 5.25. The molecule has 0 atom stereocenters. The third-order valence-corrected chi connectivity index (χ3v) is 6.92. The summed E-state index contributed by atoms with van der Waals surface area (Å²) in [6.07, 6.45) is 3.34. The molecule has 2 aromatic carbocycles. The Bertz CT molecular complexity index is 1090. The summed E-state index contributed by atoms with van der Waals surface area (Å²) in [7, 11) is 1.66. The van der Waals surface area contributed by atoms with Crippen LogP contribution >= 0.6 is 0 Å². The SMILES string of the molecule is COc1ccc(-c2cc(N3CCC(C(=O)N4CCN(c5ccccc5)CC4)CC3)ncn2)cc1. The van der Waals surface area contributed by atoms with Crippen molar-refractivity contribution in [2.24, 2.45) is 5.92 Å². The predicted octanol–water partition coefficient (Wildman–Crippen LogP) is 3.72. The van der Waals surface area contributed by atoms with Gasteiger partial charge in [-0.3, -0.25) is 4.79 Å². The Kier molecular flexibility index (Phi) is 6.60. The lowest BCUT2D eigenvalue weighted by Crippen LogP contribution is -2.51. The predicted molar refractivity (Wildman–Crippen MR) is 134 cm³/mol. The van der Waals surface area contributed by atoms with Crippen molar-refractivity contribution in [2.45, 2.75) is 12.8 Å². The number of carbonyl (C=O) groups excluding carboxylic acids is 1. The number of hydrogen-bond donors (Lipinski definition) is 0. The Hall–Kier alpha value is -3.61. The number of hydrogen-bond acceptors (Lipinski definition) is 6. The first-order chi connectivity index (χ1) is 16.7. The fourth-order valence-corrected chi connectivity index (χ4v) is 4.88. The van der Waals surface area contributed by atoms with Gasteiger partial charge in [-0.1, -0.05) is 18.2 Å². The molecule has 1 amide bonds. The Labute approximate surface area is 201 Å². The van der Waals surface area contributed by atoms with E-state index in [1.165, 1.54) is 5.69 Å². The number of piperazine rings is 1. The Balaban J connectivity index is 1.15. The molecule has 176 valence electrons. The molecule has 2 fully saturated rings. The van der Waals surface area contributed by atoms with Crippen LogP contribution in [-0.2, 0) is 4.79 Å². The minimum absolute atomic E-state index is 0.0995. The van der Waals surface area contributed by atoms with Crippen LogP contribution < -0.4 is 14.5 Å². The number of rotatable bonds is 5. The van der Waals surface area contributed by atoms with Crippen LogP contribution in [0.1, 0.15) is 12.8 Å². The van der Waals surface area contributed by atoms with Gasteiger partial charge in [0, 0.05) is 62.5 Å². The molecule has 0 unspecified atom stereocenters. The lowest BCUT2D eigenvalue weighted by Gasteiger charge is -2.39. The number of para-hydroxylation sites is 1. The smallest absolute Gasteiger partial charge is 0.225 e. The van der Waals surface area contributed by atoms with E-state index in [1.54, 1.807) is 13.4 Å². The van der Waals surface area contributed by atoms with E-state index >= 15 is 0 Å². The van der Waals surface area contributed by atoms with Crippen LogP contribution in [0.3, 0.4) is 0 Å². The number of methoxy groups -OCH3 is 1. The van der Waals surface area contributed by atoms with Crippen LogP contribution in [0.2, 0.25) is 0 Å². The molecule has 0 bridgehead atoms. The summed E-state index contributed by atoms with van der Waals surface area (Å²) in [5.74, 6) is 2.16. The second kappa shape index (κ2) is 10.1. The summed E-state index contributed by atoms with van der Waals surface area (Å²) >= 11 is 0. The molecule has 0 radical (unpaired) electrons. The largest absolute Gasteiger partial charge is 0.497 e. The molecule has 2 aliphatic heterocycles. The minimum atomic E-state index is 0.0995. The van der Waals surface area contributed by atoms with Gasteiger partial charge < -0.3 is 19.4 Å². The Morgan fingerprint density at radius 2 is 1.56 bits per heavy atom. The van der Waals surface area contributed by atoms with Gasteiger partial charge in [-0.05, 0) is 49.2 Å². The maximum atomic E-state index is 13.2. The van der Waals surface area contributed by atoms with E-state index in [-0.39, 0.29) is 5.92 Å². The van der Waals surface area contributed by atoms with Gasteiger partial charge in [0.2, 0.25) is 5.91 Å². The fourth-order valence-electron chi connectivity index (χ4n) is 4.88. The van der Waals surface area contributed by atoms with Gasteiger partial charge in [0.05, 0.1) is 12.8 Å². The third kappa shape index (κ3) is 4.83. The minimum Gasteiger partial charge on any atom is -0.497 e. The van der Waals surface area contributed by atoms with E-state index < -0.39 is 0 Å². The molecule has 7 nitrogen and oxygen atoms in total. The second-order valence-corrected chi connectivity index (χ2v) is 8.90. The normalized spacial score (nSPS) is 17.0. The molecule has 0 aliphatic carbocycles. The Morgan fingerprint density at radius 1 is 0.853 bits per heavy atom. The van der Waals surface area contributed by atoms with E-state index in [4.69, 9.17) is 4.74 Å². The van der Waals surface area contributed by atoms with E-state index in [0.717, 1.165) is 74.9 Å². The summed E-state index contributed by atoms with van der Waals surface area (Å²) in [4.78, 5) is 28.8. The summed E-state index contributed by atoms with van der Waals surface area (Å²) in [6.45, 7) is 5.04. The number of nitrogens with zero attached hydrogens (tertiary/aromatic N) is 5. The zero-order chi connectivity index (χ0) is 23.3. The lowest BCUT2D eigenvalue weighted by atomic mass is 9.95. The summed E-state index contributed by atoms with van der Waals surface area (Å²) in [5, 5.41) is 0. The molecule has 7 heteroatoms. The van der Waals surface area contributed by atoms with Crippen molar-refractivity contribution in [3.63, 3.8) is 0 Å². The van der Waals surface area contributed by atoms with Crippen LogP contribution in [0, 0.1) is 5.92 Å². The van der Waals surface area contributed by atoms with Gasteiger partial charge in [-0.25, -0.2) is 9.97 Å². The van der Waals surface area contributed by atoms with Crippen LogP contribution in [-0.4, -0.2) is 67.2 Å². The molecule has 3 heterocycles. The number of ether oxygens (including phenoxy) is 1. The molecule has 0 N–H and O–H groups in total. The number of benzene rings is 2. The van der Waals surface area contributed by atoms with Crippen molar-refractivity contribution < 1.29 is 9.53 Å². The van der Waals surface area contributed by atoms with E-state index in [9.17, 15) is 4.79 Å². The van der Waals surface area contributed by atoms with Gasteiger partial charge in [-0.2, -0.15) is 0 Å². The number of carbonyl (C=O) groups is 1. The summed E-state index contributed by atoms with van der Waals surface area (Å²) in [5.41, 5.74) is 3.16. The van der Waals surface area contributed by atoms with E-state index in [0.29, 0.717) is 5.91 Å². The standard InChI is InChI=1S/C27H31N5O2/c1-34-24-9-7-21(8-10-24)25-19-26(29-20-28-25)31-13-11-22(12-14-31)27(33)32-17-15-30(16-18-32)23-5-3-2-4-6-23/h2-10,19-20,22H,11-18H2,1H3. The molecule has 2 saturated heterocycles. The first-order valence-electron chi connectivity index (χ1n) is 12.0. The molecule has 2 aliphatic rings. The van der Waals surface area contributed by atoms with Crippen LogP contribution in [0.15, 0.2) is 67.0 Å². The zero-order valence-electron chi connectivity index (χ0n) is 19.6. The maximum Gasteiger partial charge on any atom is 0.225 e. The first-order valence-corrected chi connectivity index (χ1v) is 12.0. The van der Waals surface area contributed by atoms with Crippen molar-refractivity contribution in [3.8, 4) is 17.0 Å². The first kappa shape index (κ1) is 22.2. The number of aromatic nitrogens is 2. The molecule has 1 aromatic heterocycles. The highest BCUT2D eigenvalue weighted by molar-refractivity contribution is 5.79. The quantitative estimate of drug-likeness (QED) is 0.582. The topological polar surface area (TPSA) is 61.8 Å². The number of piperidine rings is 1. The molecule has 34 heavy (non-hydrogen) atoms. The fraction of sp³-hybridized carbons (Fsp3) is 0.370. The molecule has 3 aromatic rings. The second-order valence-electron chi connectivity index (χ2n) is 8.90. The number of amides is 1. The van der Waals surface area contributed by atoms with Crippen molar-refractivity contribution >= 4 is 17.4 Å². The van der Waals surface area contributed by atoms with Gasteiger partial charge in [-0.15, -0.1) is 0 Å². The van der Waals surface area contributed by atoms with E-state index in [2.05, 4.69) is 48.9 Å². The van der Waals surface area contributed by atoms with Gasteiger partial charge in [0.1, 0.15) is 17.9 Å². The monoisotopic (exact) mass is 457 g/mol. The number of anilines is 2. The average molecular weight is 458 g/mol. The molecule has 0 saturated carbocycles. The Morgan fingerprint density at radius 3 is 2.24 bits per heavy atom. The van der Waals surface area contributed by atoms with Crippen molar-refractivity contribution in [3.05, 3.63) is 67.0 Å². The average Bonchev–Trinajstić information content (AvgIpc) is 2.93. The van der Waals surface area contributed by atoms with Crippen molar-refractivity contribution in [1.29, 1.82) is 0 Å². The van der Waals surface area contributed by atoms with Gasteiger partial charge in [0.15, 0.2) is 0 Å². The lowest BCUT2D eigenvalue weighted by molar-refractivity contribution is -0.136. The highest BCUT2D eigenvalue weighted by Crippen LogP contribution is 2.27. The molecular weight excluding hydrogens is 426 g/mol. The molecule has 0 spiro atoms. The summed E-state index contributed by atoms with van der Waals surface area (Å²) in [6, 6.07) is 20.4. The maximum absolute atomic E-state index is 13.2. The highest BCUT2D eigenvalue weighted by Gasteiger charge is 2.31. The highest BCUT2D eigenvalue weighted by atomic mass is 16.5. The van der Waals surface area contributed by atoms with Gasteiger partial charge >= 0.3 is 0 Å². The molecular formula is C27H31N5O2. The van der Waals surface area contributed by atoms with Crippen LogP contribution in [0.4, 0.5) is 11.5 Å². The van der Waals surface area contributed by atoms with Crippen molar-refractivity contribution in [1.82, 2.24) is 14.9 Å². The van der Waals surface area contributed by atoms with Crippen LogP contribution in [0.5, 0.6) is 5.75 Å². The zero-order valence-corrected chi connectivity index (χ0v) is 19.6. The van der Waals surface area contributed by atoms with E-state index in [1.807, 2.05) is 36.4 Å². The van der Waals surface area contributed by atoms with Gasteiger partial charge in [0.25, 0.3) is 0 Å². The van der Waals surface area contributed by atoms with Crippen molar-refractivity contribution in [2.75, 3.05) is 56.2 Å².